The van der Waals surface area contributed by atoms with Gasteiger partial charge in [-0.05, 0) is 30.0 Å². The SMILES string of the molecule is CC(C)(C)c1cc(NC(=O)C2CC2c2ccccc2Cl)n(-c2ncccn2)n1. The van der Waals surface area contributed by atoms with E-state index in [9.17, 15) is 4.79 Å². The molecule has 144 valence electrons. The highest BCUT2D eigenvalue weighted by Gasteiger charge is 2.45. The molecule has 1 aliphatic rings. The van der Waals surface area contributed by atoms with Crippen molar-refractivity contribution in [1.82, 2.24) is 19.7 Å². The minimum absolute atomic E-state index is 0.0394. The third-order valence-electron chi connectivity index (χ3n) is 4.90. The molecule has 2 heterocycles. The average Bonchev–Trinajstić information content (AvgIpc) is 3.34. The van der Waals surface area contributed by atoms with Gasteiger partial charge in [-0.2, -0.15) is 9.78 Å². The van der Waals surface area contributed by atoms with Gasteiger partial charge in [0.1, 0.15) is 5.82 Å². The highest BCUT2D eigenvalue weighted by Crippen LogP contribution is 2.50. The van der Waals surface area contributed by atoms with Crippen molar-refractivity contribution in [3.8, 4) is 5.95 Å². The van der Waals surface area contributed by atoms with E-state index in [4.69, 9.17) is 11.6 Å². The van der Waals surface area contributed by atoms with E-state index in [1.54, 1.807) is 23.1 Å². The van der Waals surface area contributed by atoms with Crippen LogP contribution in [0, 0.1) is 5.92 Å². The molecule has 2 atom stereocenters. The van der Waals surface area contributed by atoms with Crippen molar-refractivity contribution in [2.24, 2.45) is 5.92 Å². The third kappa shape index (κ3) is 3.64. The molecule has 6 nitrogen and oxygen atoms in total. The minimum Gasteiger partial charge on any atom is -0.310 e. The molecule has 0 aliphatic heterocycles. The molecule has 0 bridgehead atoms. The molecule has 7 heteroatoms. The van der Waals surface area contributed by atoms with E-state index >= 15 is 0 Å². The van der Waals surface area contributed by atoms with Gasteiger partial charge in [-0.25, -0.2) is 9.97 Å². The van der Waals surface area contributed by atoms with Gasteiger partial charge in [0.25, 0.3) is 5.95 Å². The van der Waals surface area contributed by atoms with Crippen LogP contribution in [0.5, 0.6) is 0 Å². The molecule has 3 aromatic rings. The monoisotopic (exact) mass is 395 g/mol. The van der Waals surface area contributed by atoms with Crippen molar-refractivity contribution in [3.05, 3.63) is 65.1 Å². The Kier molecular flexibility index (Phi) is 4.67. The zero-order valence-corrected chi connectivity index (χ0v) is 16.8. The van der Waals surface area contributed by atoms with Gasteiger partial charge < -0.3 is 5.32 Å². The van der Waals surface area contributed by atoms with Crippen LogP contribution in [-0.4, -0.2) is 25.7 Å². The number of halogens is 1. The highest BCUT2D eigenvalue weighted by molar-refractivity contribution is 6.31. The fraction of sp³-hybridized carbons (Fsp3) is 0.333. The molecular formula is C21H22ClN5O. The fourth-order valence-corrected chi connectivity index (χ4v) is 3.49. The summed E-state index contributed by atoms with van der Waals surface area (Å²) in [5.41, 5.74) is 1.72. The second-order valence-corrected chi connectivity index (χ2v) is 8.49. The summed E-state index contributed by atoms with van der Waals surface area (Å²) in [6.07, 6.45) is 4.10. The van der Waals surface area contributed by atoms with Gasteiger partial charge in [0.05, 0.1) is 5.69 Å². The fourth-order valence-electron chi connectivity index (χ4n) is 3.21. The molecule has 28 heavy (non-hydrogen) atoms. The molecule has 0 radical (unpaired) electrons. The number of carbonyl (C=O) groups excluding carboxylic acids is 1. The lowest BCUT2D eigenvalue weighted by atomic mass is 9.92. The number of aromatic nitrogens is 4. The van der Waals surface area contributed by atoms with E-state index in [1.807, 2.05) is 30.3 Å². The van der Waals surface area contributed by atoms with Crippen molar-refractivity contribution >= 4 is 23.3 Å². The first-order valence-corrected chi connectivity index (χ1v) is 9.65. The average molecular weight is 396 g/mol. The quantitative estimate of drug-likeness (QED) is 0.712. The summed E-state index contributed by atoms with van der Waals surface area (Å²) < 4.78 is 1.59. The zero-order valence-electron chi connectivity index (χ0n) is 16.1. The molecule has 1 fully saturated rings. The van der Waals surface area contributed by atoms with E-state index in [2.05, 4.69) is 41.2 Å². The van der Waals surface area contributed by atoms with Crippen LogP contribution in [0.25, 0.3) is 5.95 Å². The Morgan fingerprint density at radius 1 is 1.18 bits per heavy atom. The summed E-state index contributed by atoms with van der Waals surface area (Å²) in [5.74, 6) is 1.01. The first-order valence-electron chi connectivity index (χ1n) is 9.28. The van der Waals surface area contributed by atoms with Crippen molar-refractivity contribution in [1.29, 1.82) is 0 Å². The Morgan fingerprint density at radius 2 is 1.89 bits per heavy atom. The molecule has 2 unspecified atom stereocenters. The molecular weight excluding hydrogens is 374 g/mol. The number of rotatable bonds is 4. The number of amides is 1. The molecule has 4 rings (SSSR count). The molecule has 1 aromatic carbocycles. The summed E-state index contributed by atoms with van der Waals surface area (Å²) in [6.45, 7) is 6.22. The van der Waals surface area contributed by atoms with Crippen LogP contribution in [-0.2, 0) is 10.2 Å². The molecule has 0 spiro atoms. The predicted octanol–water partition coefficient (Wildman–Crippen LogP) is 4.36. The number of hydrogen-bond acceptors (Lipinski definition) is 4. The van der Waals surface area contributed by atoms with E-state index in [-0.39, 0.29) is 23.2 Å². The van der Waals surface area contributed by atoms with Crippen LogP contribution in [0.3, 0.4) is 0 Å². The Hall–Kier alpha value is -2.73. The maximum Gasteiger partial charge on any atom is 0.252 e. The first kappa shape index (κ1) is 18.6. The molecule has 2 aromatic heterocycles. The van der Waals surface area contributed by atoms with Crippen molar-refractivity contribution in [2.75, 3.05) is 5.32 Å². The second-order valence-electron chi connectivity index (χ2n) is 8.08. The van der Waals surface area contributed by atoms with Gasteiger partial charge in [0, 0.05) is 34.8 Å². The standard InChI is InChI=1S/C21H22ClN5O/c1-21(2,3)17-12-18(27(26-17)20-23-9-6-10-24-20)25-19(28)15-11-14(15)13-7-4-5-8-16(13)22/h4-10,12,14-15H,11H2,1-3H3,(H,25,28). The molecule has 1 N–H and O–H groups in total. The lowest BCUT2D eigenvalue weighted by molar-refractivity contribution is -0.117. The number of hydrogen-bond donors (Lipinski definition) is 1. The first-order chi connectivity index (χ1) is 13.3. The summed E-state index contributed by atoms with van der Waals surface area (Å²) >= 11 is 6.29. The Bertz CT molecular complexity index is 1010. The van der Waals surface area contributed by atoms with E-state index in [1.165, 1.54) is 0 Å². The lowest BCUT2D eigenvalue weighted by Crippen LogP contribution is -2.18. The Labute approximate surface area is 169 Å². The van der Waals surface area contributed by atoms with E-state index in [0.29, 0.717) is 16.8 Å². The van der Waals surface area contributed by atoms with E-state index < -0.39 is 0 Å². The number of nitrogens with one attached hydrogen (secondary N) is 1. The normalized spacial score (nSPS) is 18.7. The lowest BCUT2D eigenvalue weighted by Gasteiger charge is -2.13. The van der Waals surface area contributed by atoms with E-state index in [0.717, 1.165) is 17.7 Å². The molecule has 0 saturated heterocycles. The smallest absolute Gasteiger partial charge is 0.252 e. The van der Waals surface area contributed by atoms with Gasteiger partial charge in [-0.1, -0.05) is 50.6 Å². The maximum absolute atomic E-state index is 12.9. The Morgan fingerprint density at radius 3 is 2.57 bits per heavy atom. The van der Waals surface area contributed by atoms with Crippen LogP contribution in [0.4, 0.5) is 5.82 Å². The zero-order chi connectivity index (χ0) is 19.9. The van der Waals surface area contributed by atoms with Crippen LogP contribution >= 0.6 is 11.6 Å². The van der Waals surface area contributed by atoms with Gasteiger partial charge in [-0.15, -0.1) is 0 Å². The minimum atomic E-state index is -0.167. The number of carbonyl (C=O) groups is 1. The maximum atomic E-state index is 12.9. The highest BCUT2D eigenvalue weighted by atomic mass is 35.5. The van der Waals surface area contributed by atoms with Crippen molar-refractivity contribution in [3.63, 3.8) is 0 Å². The molecule has 1 aliphatic carbocycles. The summed E-state index contributed by atoms with van der Waals surface area (Å²) in [7, 11) is 0. The van der Waals surface area contributed by atoms with Crippen LogP contribution in [0.2, 0.25) is 5.02 Å². The second kappa shape index (κ2) is 7.02. The van der Waals surface area contributed by atoms with Crippen molar-refractivity contribution in [2.45, 2.75) is 38.5 Å². The van der Waals surface area contributed by atoms with Crippen LogP contribution < -0.4 is 5.32 Å². The number of nitrogens with zero attached hydrogens (tertiary/aromatic N) is 4. The largest absolute Gasteiger partial charge is 0.310 e. The predicted molar refractivity (Wildman–Crippen MR) is 109 cm³/mol. The third-order valence-corrected chi connectivity index (χ3v) is 5.25. The summed E-state index contributed by atoms with van der Waals surface area (Å²) in [4.78, 5) is 21.4. The van der Waals surface area contributed by atoms with Crippen LogP contribution in [0.1, 0.15) is 44.4 Å². The summed E-state index contributed by atoms with van der Waals surface area (Å²) in [5, 5.41) is 8.36. The van der Waals surface area contributed by atoms with Gasteiger partial charge in [-0.3, -0.25) is 4.79 Å². The topological polar surface area (TPSA) is 72.7 Å². The van der Waals surface area contributed by atoms with Crippen LogP contribution in [0.15, 0.2) is 48.8 Å². The number of anilines is 1. The summed E-state index contributed by atoms with van der Waals surface area (Å²) in [6, 6.07) is 11.3. The molecule has 1 amide bonds. The van der Waals surface area contributed by atoms with Gasteiger partial charge in [0.15, 0.2) is 0 Å². The van der Waals surface area contributed by atoms with Crippen molar-refractivity contribution < 1.29 is 4.79 Å². The van der Waals surface area contributed by atoms with Gasteiger partial charge >= 0.3 is 0 Å². The van der Waals surface area contributed by atoms with Gasteiger partial charge in [0.2, 0.25) is 5.91 Å². The Balaban J connectivity index is 1.59. The number of benzene rings is 1. The molecule has 1 saturated carbocycles.